The summed E-state index contributed by atoms with van der Waals surface area (Å²) in [6.45, 7) is 7.55. The monoisotopic (exact) mass is 419 g/mol. The highest BCUT2D eigenvalue weighted by Gasteiger charge is 2.12. The van der Waals surface area contributed by atoms with Crippen LogP contribution in [0.5, 0.6) is 0 Å². The molecule has 10 heteroatoms. The molecular formula is C21H25N9O. The number of nitrogens with one attached hydrogen (secondary N) is 3. The van der Waals surface area contributed by atoms with E-state index >= 15 is 0 Å². The minimum absolute atomic E-state index is 0.183. The minimum atomic E-state index is -0.183. The fourth-order valence-corrected chi connectivity index (χ4v) is 3.31. The zero-order valence-electron chi connectivity index (χ0n) is 17.5. The van der Waals surface area contributed by atoms with Crippen LogP contribution < -0.4 is 10.6 Å². The highest BCUT2D eigenvalue weighted by Crippen LogP contribution is 2.24. The quantitative estimate of drug-likeness (QED) is 0.381. The van der Waals surface area contributed by atoms with Crippen LogP contribution in [0.2, 0.25) is 0 Å². The Morgan fingerprint density at radius 2 is 2.00 bits per heavy atom. The Bertz CT molecular complexity index is 1130. The van der Waals surface area contributed by atoms with Crippen molar-refractivity contribution in [3.8, 4) is 11.3 Å². The van der Waals surface area contributed by atoms with Gasteiger partial charge in [-0.15, -0.1) is 0 Å². The molecule has 4 rings (SSSR count). The molecule has 4 aromatic rings. The van der Waals surface area contributed by atoms with Crippen molar-refractivity contribution in [2.24, 2.45) is 0 Å². The van der Waals surface area contributed by atoms with Crippen molar-refractivity contribution in [1.29, 1.82) is 0 Å². The topological polar surface area (TPSA) is 116 Å². The molecule has 160 valence electrons. The molecule has 0 atom stereocenters. The zero-order chi connectivity index (χ0) is 21.6. The SMILES string of the molecule is CCN(CC)CCNC(=O)c1ccc(Nc2ncc(-c3cn[nH]c3)n3ccnc23)cn1. The van der Waals surface area contributed by atoms with E-state index in [0.29, 0.717) is 29.4 Å². The number of anilines is 2. The molecule has 4 heterocycles. The van der Waals surface area contributed by atoms with Gasteiger partial charge in [-0.2, -0.15) is 5.10 Å². The molecule has 0 saturated carbocycles. The minimum Gasteiger partial charge on any atom is -0.349 e. The van der Waals surface area contributed by atoms with Crippen LogP contribution in [0.1, 0.15) is 24.3 Å². The molecule has 0 saturated heterocycles. The van der Waals surface area contributed by atoms with Crippen molar-refractivity contribution in [1.82, 2.24) is 39.8 Å². The van der Waals surface area contributed by atoms with Gasteiger partial charge in [-0.05, 0) is 25.2 Å². The summed E-state index contributed by atoms with van der Waals surface area (Å²) >= 11 is 0. The highest BCUT2D eigenvalue weighted by molar-refractivity contribution is 5.92. The van der Waals surface area contributed by atoms with Crippen LogP contribution in [0, 0.1) is 0 Å². The molecule has 1 amide bonds. The number of hydrogen-bond acceptors (Lipinski definition) is 7. The summed E-state index contributed by atoms with van der Waals surface area (Å²) in [5, 5.41) is 12.9. The molecule has 0 fully saturated rings. The molecule has 0 aromatic carbocycles. The van der Waals surface area contributed by atoms with Crippen LogP contribution in [0.4, 0.5) is 11.5 Å². The largest absolute Gasteiger partial charge is 0.349 e. The number of likely N-dealkylation sites (N-methyl/N-ethyl adjacent to an activating group) is 1. The van der Waals surface area contributed by atoms with E-state index in [0.717, 1.165) is 30.9 Å². The summed E-state index contributed by atoms with van der Waals surface area (Å²) in [5.74, 6) is 0.410. The van der Waals surface area contributed by atoms with E-state index in [4.69, 9.17) is 0 Å². The van der Waals surface area contributed by atoms with Crippen LogP contribution in [0.3, 0.4) is 0 Å². The molecule has 0 unspecified atom stereocenters. The smallest absolute Gasteiger partial charge is 0.269 e. The first-order valence-electron chi connectivity index (χ1n) is 10.2. The summed E-state index contributed by atoms with van der Waals surface area (Å²) in [7, 11) is 0. The van der Waals surface area contributed by atoms with Gasteiger partial charge in [0.1, 0.15) is 5.69 Å². The molecule has 0 radical (unpaired) electrons. The highest BCUT2D eigenvalue weighted by atomic mass is 16.1. The number of hydrogen-bond donors (Lipinski definition) is 3. The molecular weight excluding hydrogens is 394 g/mol. The Kier molecular flexibility index (Phi) is 6.18. The van der Waals surface area contributed by atoms with Gasteiger partial charge in [-0.3, -0.25) is 14.3 Å². The van der Waals surface area contributed by atoms with Crippen molar-refractivity contribution in [3.63, 3.8) is 0 Å². The second kappa shape index (κ2) is 9.35. The van der Waals surface area contributed by atoms with Crippen LogP contribution >= 0.6 is 0 Å². The number of aromatic nitrogens is 6. The fourth-order valence-electron chi connectivity index (χ4n) is 3.31. The number of nitrogens with zero attached hydrogens (tertiary/aromatic N) is 6. The lowest BCUT2D eigenvalue weighted by Gasteiger charge is -2.17. The molecule has 31 heavy (non-hydrogen) atoms. The molecule has 3 N–H and O–H groups in total. The first kappa shape index (κ1) is 20.5. The third-order valence-corrected chi connectivity index (χ3v) is 5.09. The van der Waals surface area contributed by atoms with Crippen LogP contribution in [-0.2, 0) is 0 Å². The van der Waals surface area contributed by atoms with E-state index < -0.39 is 0 Å². The van der Waals surface area contributed by atoms with Crippen LogP contribution in [-0.4, -0.2) is 66.5 Å². The van der Waals surface area contributed by atoms with Crippen LogP contribution in [0.25, 0.3) is 16.9 Å². The first-order valence-corrected chi connectivity index (χ1v) is 10.2. The van der Waals surface area contributed by atoms with E-state index in [1.54, 1.807) is 43.1 Å². The number of rotatable bonds is 9. The molecule has 4 aromatic heterocycles. The van der Waals surface area contributed by atoms with Gasteiger partial charge in [0.25, 0.3) is 5.91 Å². The van der Waals surface area contributed by atoms with E-state index in [1.807, 2.05) is 10.6 Å². The third-order valence-electron chi connectivity index (χ3n) is 5.09. The number of fused-ring (bicyclic) bond motifs is 1. The lowest BCUT2D eigenvalue weighted by molar-refractivity contribution is 0.0944. The number of amides is 1. The molecule has 10 nitrogen and oxygen atoms in total. The number of aromatic amines is 1. The number of H-pyrrole nitrogens is 1. The van der Waals surface area contributed by atoms with Gasteiger partial charge in [0, 0.05) is 37.2 Å². The van der Waals surface area contributed by atoms with Gasteiger partial charge in [-0.1, -0.05) is 13.8 Å². The second-order valence-electron chi connectivity index (χ2n) is 6.94. The van der Waals surface area contributed by atoms with E-state index in [2.05, 4.69) is 54.5 Å². The Morgan fingerprint density at radius 1 is 1.13 bits per heavy atom. The van der Waals surface area contributed by atoms with Gasteiger partial charge in [0.2, 0.25) is 0 Å². The zero-order valence-corrected chi connectivity index (χ0v) is 17.5. The third kappa shape index (κ3) is 4.53. The first-order chi connectivity index (χ1) is 15.2. The number of imidazole rings is 1. The van der Waals surface area contributed by atoms with Gasteiger partial charge in [0.15, 0.2) is 11.5 Å². The van der Waals surface area contributed by atoms with Crippen molar-refractivity contribution in [2.45, 2.75) is 13.8 Å². The van der Waals surface area contributed by atoms with Crippen molar-refractivity contribution >= 4 is 23.1 Å². The standard InChI is InChI=1S/C21H25N9O/c1-3-29(4-2)9-7-23-21(31)17-6-5-16(13-24-17)28-19-20-22-8-10-30(20)18(14-25-19)15-11-26-27-12-15/h5-6,8,10-14H,3-4,7,9H2,1-2H3,(H,23,31)(H,25,28)(H,26,27). The Hall–Kier alpha value is -3.79. The molecule has 0 aliphatic carbocycles. The van der Waals surface area contributed by atoms with E-state index in [1.165, 1.54) is 0 Å². The maximum atomic E-state index is 12.3. The maximum absolute atomic E-state index is 12.3. The van der Waals surface area contributed by atoms with Gasteiger partial charge in [0.05, 0.1) is 30.0 Å². The number of pyridine rings is 1. The Balaban J connectivity index is 1.44. The maximum Gasteiger partial charge on any atom is 0.269 e. The average Bonchev–Trinajstić information content (AvgIpc) is 3.50. The van der Waals surface area contributed by atoms with Crippen molar-refractivity contribution in [3.05, 3.63) is 55.0 Å². The molecule has 0 spiro atoms. The molecule has 0 aliphatic heterocycles. The average molecular weight is 419 g/mol. The summed E-state index contributed by atoms with van der Waals surface area (Å²) in [6.07, 6.45) is 10.5. The summed E-state index contributed by atoms with van der Waals surface area (Å²) in [5.41, 5.74) is 3.56. The lowest BCUT2D eigenvalue weighted by atomic mass is 10.2. The van der Waals surface area contributed by atoms with Gasteiger partial charge < -0.3 is 15.5 Å². The summed E-state index contributed by atoms with van der Waals surface area (Å²) in [4.78, 5) is 27.8. The Labute approximate surface area is 179 Å². The van der Waals surface area contributed by atoms with Gasteiger partial charge >= 0.3 is 0 Å². The van der Waals surface area contributed by atoms with Crippen molar-refractivity contribution in [2.75, 3.05) is 31.5 Å². The number of carbonyl (C=O) groups excluding carboxylic acids is 1. The van der Waals surface area contributed by atoms with E-state index in [-0.39, 0.29) is 5.91 Å². The second-order valence-corrected chi connectivity index (χ2v) is 6.94. The van der Waals surface area contributed by atoms with Crippen molar-refractivity contribution < 1.29 is 4.79 Å². The molecule has 0 aliphatic rings. The summed E-state index contributed by atoms with van der Waals surface area (Å²) in [6, 6.07) is 3.50. The van der Waals surface area contributed by atoms with Gasteiger partial charge in [-0.25, -0.2) is 15.0 Å². The predicted molar refractivity (Wildman–Crippen MR) is 118 cm³/mol. The normalized spacial score (nSPS) is 11.2. The Morgan fingerprint density at radius 3 is 2.71 bits per heavy atom. The molecule has 0 bridgehead atoms. The van der Waals surface area contributed by atoms with E-state index in [9.17, 15) is 4.79 Å². The fraction of sp³-hybridized carbons (Fsp3) is 0.286. The number of carbonyl (C=O) groups is 1. The predicted octanol–water partition coefficient (Wildman–Crippen LogP) is 2.33. The summed E-state index contributed by atoms with van der Waals surface area (Å²) < 4.78 is 1.94. The lowest BCUT2D eigenvalue weighted by Crippen LogP contribution is -2.35. The van der Waals surface area contributed by atoms with Crippen LogP contribution in [0.15, 0.2) is 49.3 Å².